The van der Waals surface area contributed by atoms with E-state index in [1.165, 1.54) is 24.3 Å². The summed E-state index contributed by atoms with van der Waals surface area (Å²) < 4.78 is 32.5. The van der Waals surface area contributed by atoms with Gasteiger partial charge in [0.05, 0.1) is 15.6 Å². The number of halogens is 3. The Labute approximate surface area is 121 Å². The van der Waals surface area contributed by atoms with E-state index in [1.54, 1.807) is 0 Å². The first-order chi connectivity index (χ1) is 9.49. The van der Waals surface area contributed by atoms with E-state index in [2.05, 4.69) is 15.9 Å². The van der Waals surface area contributed by atoms with E-state index >= 15 is 0 Å². The number of hydrogen-bond acceptors (Lipinski definition) is 2. The van der Waals surface area contributed by atoms with E-state index in [0.717, 1.165) is 12.1 Å². The second kappa shape index (κ2) is 6.00. The average molecular weight is 343 g/mol. The molecule has 2 aromatic carbocycles. The first-order valence-electron chi connectivity index (χ1n) is 5.57. The van der Waals surface area contributed by atoms with Crippen LogP contribution in [0.4, 0.5) is 8.78 Å². The van der Waals surface area contributed by atoms with E-state index in [4.69, 9.17) is 9.84 Å². The molecule has 20 heavy (non-hydrogen) atoms. The Morgan fingerprint density at radius 2 is 1.85 bits per heavy atom. The maximum atomic E-state index is 13.4. The third-order valence-electron chi connectivity index (χ3n) is 2.61. The van der Waals surface area contributed by atoms with Crippen molar-refractivity contribution in [1.82, 2.24) is 0 Å². The Morgan fingerprint density at radius 3 is 2.40 bits per heavy atom. The first kappa shape index (κ1) is 14.5. The number of ether oxygens (including phenoxy) is 1. The van der Waals surface area contributed by atoms with Crippen molar-refractivity contribution >= 4 is 21.9 Å². The topological polar surface area (TPSA) is 46.5 Å². The minimum atomic E-state index is -1.07. The third-order valence-corrected chi connectivity index (χ3v) is 3.23. The molecule has 0 atom stereocenters. The van der Waals surface area contributed by atoms with Crippen molar-refractivity contribution in [2.24, 2.45) is 0 Å². The molecule has 6 heteroatoms. The van der Waals surface area contributed by atoms with Crippen LogP contribution in [0.25, 0.3) is 0 Å². The van der Waals surface area contributed by atoms with Crippen molar-refractivity contribution in [3.05, 3.63) is 63.6 Å². The number of benzene rings is 2. The molecule has 0 heterocycles. The van der Waals surface area contributed by atoms with Gasteiger partial charge < -0.3 is 9.84 Å². The molecule has 0 aliphatic heterocycles. The van der Waals surface area contributed by atoms with E-state index in [9.17, 15) is 13.6 Å². The summed E-state index contributed by atoms with van der Waals surface area (Å²) in [5.41, 5.74) is -0.0944. The monoisotopic (exact) mass is 342 g/mol. The quantitative estimate of drug-likeness (QED) is 0.913. The Balaban J connectivity index is 2.17. The molecule has 0 saturated heterocycles. The van der Waals surface area contributed by atoms with E-state index in [0.29, 0.717) is 10.2 Å². The number of carboxylic acid groups (broad SMARTS) is 1. The summed E-state index contributed by atoms with van der Waals surface area (Å²) >= 11 is 3.15. The fourth-order valence-electron chi connectivity index (χ4n) is 1.57. The molecule has 0 aromatic heterocycles. The van der Waals surface area contributed by atoms with Gasteiger partial charge in [-0.3, -0.25) is 0 Å². The standard InChI is InChI=1S/C14H9BrF2O3/c15-10-6-8(14(18)19)4-5-13(10)20-7-9-11(16)2-1-3-12(9)17/h1-6H,7H2,(H,18,19). The van der Waals surface area contributed by atoms with E-state index in [-0.39, 0.29) is 17.7 Å². The maximum absolute atomic E-state index is 13.4. The Hall–Kier alpha value is -1.95. The van der Waals surface area contributed by atoms with Crippen LogP contribution in [0.2, 0.25) is 0 Å². The molecule has 0 saturated carbocycles. The molecule has 0 radical (unpaired) electrons. The number of carboxylic acids is 1. The van der Waals surface area contributed by atoms with E-state index < -0.39 is 17.6 Å². The van der Waals surface area contributed by atoms with Crippen LogP contribution in [0.5, 0.6) is 5.75 Å². The SMILES string of the molecule is O=C(O)c1ccc(OCc2c(F)cccc2F)c(Br)c1. The van der Waals surface area contributed by atoms with Gasteiger partial charge in [-0.05, 0) is 46.3 Å². The molecule has 0 unspecified atom stereocenters. The fraction of sp³-hybridized carbons (Fsp3) is 0.0714. The molecule has 2 rings (SSSR count). The molecule has 104 valence electrons. The van der Waals surface area contributed by atoms with Crippen molar-refractivity contribution in [2.45, 2.75) is 6.61 Å². The predicted molar refractivity (Wildman–Crippen MR) is 71.8 cm³/mol. The van der Waals surface area contributed by atoms with Gasteiger partial charge in [0, 0.05) is 0 Å². The van der Waals surface area contributed by atoms with Crippen LogP contribution in [0.15, 0.2) is 40.9 Å². The smallest absolute Gasteiger partial charge is 0.335 e. The zero-order chi connectivity index (χ0) is 14.7. The molecular weight excluding hydrogens is 334 g/mol. The molecule has 3 nitrogen and oxygen atoms in total. The lowest BCUT2D eigenvalue weighted by atomic mass is 10.2. The van der Waals surface area contributed by atoms with Crippen LogP contribution in [0.3, 0.4) is 0 Å². The second-order valence-corrected chi connectivity index (χ2v) is 4.79. The molecule has 0 amide bonds. The van der Waals surface area contributed by atoms with Crippen LogP contribution in [0, 0.1) is 11.6 Å². The summed E-state index contributed by atoms with van der Waals surface area (Å²) in [5, 5.41) is 8.82. The number of hydrogen-bond donors (Lipinski definition) is 1. The van der Waals surface area contributed by atoms with Crippen LogP contribution in [0.1, 0.15) is 15.9 Å². The minimum Gasteiger partial charge on any atom is -0.488 e. The molecule has 0 aliphatic carbocycles. The van der Waals surface area contributed by atoms with Gasteiger partial charge in [-0.25, -0.2) is 13.6 Å². The van der Waals surface area contributed by atoms with E-state index in [1.807, 2.05) is 0 Å². The van der Waals surface area contributed by atoms with Crippen LogP contribution >= 0.6 is 15.9 Å². The molecule has 2 aromatic rings. The van der Waals surface area contributed by atoms with Crippen molar-refractivity contribution in [2.75, 3.05) is 0 Å². The van der Waals surface area contributed by atoms with Gasteiger partial charge in [0.1, 0.15) is 24.0 Å². The van der Waals surface area contributed by atoms with Crippen LogP contribution < -0.4 is 4.74 Å². The Kier molecular flexibility index (Phi) is 4.34. The van der Waals surface area contributed by atoms with Crippen molar-refractivity contribution < 1.29 is 23.4 Å². The van der Waals surface area contributed by atoms with Gasteiger partial charge in [0.25, 0.3) is 0 Å². The first-order valence-corrected chi connectivity index (χ1v) is 6.37. The zero-order valence-corrected chi connectivity index (χ0v) is 11.7. The Morgan fingerprint density at radius 1 is 1.20 bits per heavy atom. The maximum Gasteiger partial charge on any atom is 0.335 e. The summed E-state index contributed by atoms with van der Waals surface area (Å²) in [6.45, 7) is -0.288. The normalized spacial score (nSPS) is 10.3. The molecule has 0 spiro atoms. The van der Waals surface area contributed by atoms with Crippen molar-refractivity contribution in [3.8, 4) is 5.75 Å². The Bertz CT molecular complexity index is 639. The summed E-state index contributed by atoms with van der Waals surface area (Å²) in [5.74, 6) is -2.15. The van der Waals surface area contributed by atoms with Gasteiger partial charge >= 0.3 is 5.97 Å². The summed E-state index contributed by atoms with van der Waals surface area (Å²) in [7, 11) is 0. The summed E-state index contributed by atoms with van der Waals surface area (Å²) in [6.07, 6.45) is 0. The lowest BCUT2D eigenvalue weighted by Crippen LogP contribution is -2.03. The highest BCUT2D eigenvalue weighted by Gasteiger charge is 2.11. The van der Waals surface area contributed by atoms with Gasteiger partial charge in [-0.2, -0.15) is 0 Å². The van der Waals surface area contributed by atoms with Gasteiger partial charge in [0.15, 0.2) is 0 Å². The number of rotatable bonds is 4. The molecule has 0 aliphatic rings. The molecule has 1 N–H and O–H groups in total. The third kappa shape index (κ3) is 3.14. The number of aromatic carboxylic acids is 1. The second-order valence-electron chi connectivity index (χ2n) is 3.94. The number of carbonyl (C=O) groups is 1. The lowest BCUT2D eigenvalue weighted by molar-refractivity contribution is 0.0696. The molecule has 0 bridgehead atoms. The summed E-state index contributed by atoms with van der Waals surface area (Å²) in [6, 6.07) is 7.68. The summed E-state index contributed by atoms with van der Waals surface area (Å²) in [4.78, 5) is 10.8. The molecular formula is C14H9BrF2O3. The van der Waals surface area contributed by atoms with Crippen LogP contribution in [-0.4, -0.2) is 11.1 Å². The highest BCUT2D eigenvalue weighted by atomic mass is 79.9. The molecule has 0 fully saturated rings. The lowest BCUT2D eigenvalue weighted by Gasteiger charge is -2.10. The largest absolute Gasteiger partial charge is 0.488 e. The highest BCUT2D eigenvalue weighted by molar-refractivity contribution is 9.10. The van der Waals surface area contributed by atoms with Crippen molar-refractivity contribution in [3.63, 3.8) is 0 Å². The minimum absolute atomic E-state index is 0.0845. The van der Waals surface area contributed by atoms with Crippen molar-refractivity contribution in [1.29, 1.82) is 0 Å². The van der Waals surface area contributed by atoms with Gasteiger partial charge in [-0.1, -0.05) is 6.07 Å². The average Bonchev–Trinajstić information content (AvgIpc) is 2.39. The zero-order valence-electron chi connectivity index (χ0n) is 10.1. The fourth-order valence-corrected chi connectivity index (χ4v) is 2.06. The highest BCUT2D eigenvalue weighted by Crippen LogP contribution is 2.27. The van der Waals surface area contributed by atoms with Crippen LogP contribution in [-0.2, 0) is 6.61 Å². The predicted octanol–water partition coefficient (Wildman–Crippen LogP) is 4.00. The van der Waals surface area contributed by atoms with Gasteiger partial charge in [0.2, 0.25) is 0 Å². The van der Waals surface area contributed by atoms with Gasteiger partial charge in [-0.15, -0.1) is 0 Å².